The second kappa shape index (κ2) is 9.54. The summed E-state index contributed by atoms with van der Waals surface area (Å²) in [4.78, 5) is 29.7. The predicted octanol–water partition coefficient (Wildman–Crippen LogP) is 6.46. The normalized spacial score (nSPS) is 11.6. The number of rotatable bonds is 5. The Morgan fingerprint density at radius 1 is 1.19 bits per heavy atom. The van der Waals surface area contributed by atoms with Gasteiger partial charge in [0.25, 0.3) is 0 Å². The molecule has 5 nitrogen and oxygen atoms in total. The number of anilines is 3. The summed E-state index contributed by atoms with van der Waals surface area (Å²) >= 11 is 6.97. The lowest BCUT2D eigenvalue weighted by atomic mass is 10.2. The van der Waals surface area contributed by atoms with Gasteiger partial charge >= 0.3 is 6.18 Å². The second-order valence-corrected chi connectivity index (χ2v) is 8.01. The Morgan fingerprint density at radius 3 is 2.59 bits per heavy atom. The van der Waals surface area contributed by atoms with E-state index in [1.165, 1.54) is 31.2 Å². The lowest BCUT2D eigenvalue weighted by Gasteiger charge is -2.19. The Bertz CT molecular complexity index is 1190. The van der Waals surface area contributed by atoms with Gasteiger partial charge in [0.05, 0.1) is 16.9 Å². The van der Waals surface area contributed by atoms with Gasteiger partial charge in [-0.15, -0.1) is 11.3 Å². The fraction of sp³-hybridized carbons (Fsp3) is 0.136. The SMILES string of the molecule is CC(=O)N(c1cccc(C(F)(F)F)c1)c1nc(/C=C/C(=O)Nc2ccc(Cl)cc2C)cs1. The van der Waals surface area contributed by atoms with Gasteiger partial charge in [0, 0.05) is 29.1 Å². The van der Waals surface area contributed by atoms with Gasteiger partial charge in [0.2, 0.25) is 11.8 Å². The molecule has 0 spiro atoms. The van der Waals surface area contributed by atoms with Crippen molar-refractivity contribution in [2.75, 3.05) is 10.2 Å². The van der Waals surface area contributed by atoms with Gasteiger partial charge in [-0.25, -0.2) is 4.98 Å². The number of nitrogens with zero attached hydrogens (tertiary/aromatic N) is 2. The maximum atomic E-state index is 13.0. The van der Waals surface area contributed by atoms with Gasteiger partial charge in [-0.2, -0.15) is 13.2 Å². The Morgan fingerprint density at radius 2 is 1.94 bits per heavy atom. The standard InChI is InChI=1S/C22H17ClF3N3O2S/c1-13-10-16(23)6-8-19(13)28-20(31)9-7-17-12-32-21(27-17)29(14(2)30)18-5-3-4-15(11-18)22(24,25)26/h3-12H,1-2H3,(H,28,31)/b9-7+. The minimum Gasteiger partial charge on any atom is -0.322 e. The first-order valence-corrected chi connectivity index (χ1v) is 10.5. The number of aromatic nitrogens is 1. The molecule has 10 heteroatoms. The van der Waals surface area contributed by atoms with Crippen molar-refractivity contribution in [1.82, 2.24) is 4.98 Å². The molecule has 3 aromatic rings. The largest absolute Gasteiger partial charge is 0.416 e. The van der Waals surface area contributed by atoms with Gasteiger partial charge < -0.3 is 5.32 Å². The third-order valence-corrected chi connectivity index (χ3v) is 5.38. The Balaban J connectivity index is 1.78. The molecule has 0 atom stereocenters. The number of hydrogen-bond acceptors (Lipinski definition) is 4. The molecule has 0 aliphatic rings. The molecule has 0 aliphatic heterocycles. The molecule has 32 heavy (non-hydrogen) atoms. The van der Waals surface area contributed by atoms with Crippen molar-refractivity contribution in [1.29, 1.82) is 0 Å². The van der Waals surface area contributed by atoms with Crippen LogP contribution >= 0.6 is 22.9 Å². The summed E-state index contributed by atoms with van der Waals surface area (Å²) in [6.07, 6.45) is -1.81. The summed E-state index contributed by atoms with van der Waals surface area (Å²) < 4.78 is 39.1. The smallest absolute Gasteiger partial charge is 0.322 e. The first-order valence-electron chi connectivity index (χ1n) is 9.23. The number of benzene rings is 2. The van der Waals surface area contributed by atoms with Crippen LogP contribution in [0.5, 0.6) is 0 Å². The van der Waals surface area contributed by atoms with Crippen molar-refractivity contribution in [3.8, 4) is 0 Å². The van der Waals surface area contributed by atoms with Crippen LogP contribution in [0.4, 0.5) is 29.7 Å². The van der Waals surface area contributed by atoms with Crippen molar-refractivity contribution in [3.63, 3.8) is 0 Å². The Kier molecular flexibility index (Phi) is 7.00. The average Bonchev–Trinajstić information content (AvgIpc) is 3.16. The van der Waals surface area contributed by atoms with Crippen molar-refractivity contribution < 1.29 is 22.8 Å². The lowest BCUT2D eigenvalue weighted by Crippen LogP contribution is -2.23. The maximum Gasteiger partial charge on any atom is 0.416 e. The van der Waals surface area contributed by atoms with E-state index in [0.717, 1.165) is 33.9 Å². The molecule has 2 aromatic carbocycles. The van der Waals surface area contributed by atoms with Crippen LogP contribution in [0, 0.1) is 6.92 Å². The van der Waals surface area contributed by atoms with Crippen LogP contribution in [-0.2, 0) is 15.8 Å². The van der Waals surface area contributed by atoms with Crippen LogP contribution in [0.1, 0.15) is 23.7 Å². The minimum atomic E-state index is -4.54. The van der Waals surface area contributed by atoms with E-state index in [0.29, 0.717) is 16.4 Å². The predicted molar refractivity (Wildman–Crippen MR) is 120 cm³/mol. The topological polar surface area (TPSA) is 62.3 Å². The number of carbonyl (C=O) groups excluding carboxylic acids is 2. The molecule has 166 valence electrons. The van der Waals surface area contributed by atoms with Crippen LogP contribution < -0.4 is 10.2 Å². The number of halogens is 4. The van der Waals surface area contributed by atoms with Crippen LogP contribution in [0.2, 0.25) is 5.02 Å². The van der Waals surface area contributed by atoms with E-state index in [1.54, 1.807) is 23.6 Å². The van der Waals surface area contributed by atoms with Crippen LogP contribution in [-0.4, -0.2) is 16.8 Å². The van der Waals surface area contributed by atoms with E-state index in [9.17, 15) is 22.8 Å². The van der Waals surface area contributed by atoms with Crippen LogP contribution in [0.3, 0.4) is 0 Å². The summed E-state index contributed by atoms with van der Waals surface area (Å²) in [6.45, 7) is 3.04. The number of nitrogens with one attached hydrogen (secondary N) is 1. The highest BCUT2D eigenvalue weighted by molar-refractivity contribution is 7.14. The molecule has 0 aliphatic carbocycles. The Labute approximate surface area is 191 Å². The van der Waals surface area contributed by atoms with Gasteiger partial charge in [0.1, 0.15) is 0 Å². The maximum absolute atomic E-state index is 13.0. The van der Waals surface area contributed by atoms with Crippen molar-refractivity contribution >= 4 is 57.3 Å². The summed E-state index contributed by atoms with van der Waals surface area (Å²) in [5, 5.41) is 5.06. The molecular weight excluding hydrogens is 463 g/mol. The molecule has 1 N–H and O–H groups in total. The van der Waals surface area contributed by atoms with Crippen molar-refractivity contribution in [2.45, 2.75) is 20.0 Å². The third kappa shape index (κ3) is 5.74. The molecule has 0 bridgehead atoms. The number of alkyl halides is 3. The van der Waals surface area contributed by atoms with Gasteiger partial charge in [0.15, 0.2) is 5.13 Å². The molecule has 0 unspecified atom stereocenters. The van der Waals surface area contributed by atoms with E-state index in [-0.39, 0.29) is 10.8 Å². The fourth-order valence-corrected chi connectivity index (χ4v) is 3.89. The number of amides is 2. The van der Waals surface area contributed by atoms with E-state index in [4.69, 9.17) is 11.6 Å². The summed E-state index contributed by atoms with van der Waals surface area (Å²) in [5.74, 6) is -0.892. The molecule has 2 amide bonds. The van der Waals surface area contributed by atoms with Crippen LogP contribution in [0.15, 0.2) is 53.9 Å². The Hall–Kier alpha value is -3.17. The number of aryl methyl sites for hydroxylation is 1. The lowest BCUT2D eigenvalue weighted by molar-refractivity contribution is -0.137. The van der Waals surface area contributed by atoms with E-state index in [2.05, 4.69) is 10.3 Å². The summed E-state index contributed by atoms with van der Waals surface area (Å²) in [5.41, 5.74) is 0.968. The highest BCUT2D eigenvalue weighted by atomic mass is 35.5. The quantitative estimate of drug-likeness (QED) is 0.427. The number of hydrogen-bond donors (Lipinski definition) is 1. The van der Waals surface area contributed by atoms with Gasteiger partial charge in [-0.05, 0) is 55.0 Å². The van der Waals surface area contributed by atoms with E-state index < -0.39 is 23.6 Å². The molecule has 0 saturated carbocycles. The monoisotopic (exact) mass is 479 g/mol. The first kappa shape index (κ1) is 23.5. The summed E-state index contributed by atoms with van der Waals surface area (Å²) in [6, 6.07) is 9.51. The van der Waals surface area contributed by atoms with E-state index >= 15 is 0 Å². The zero-order valence-corrected chi connectivity index (χ0v) is 18.5. The number of thiazole rings is 1. The molecule has 0 radical (unpaired) electrons. The average molecular weight is 480 g/mol. The molecule has 3 rings (SSSR count). The zero-order valence-electron chi connectivity index (χ0n) is 16.9. The highest BCUT2D eigenvalue weighted by Gasteiger charge is 2.31. The number of carbonyl (C=O) groups is 2. The second-order valence-electron chi connectivity index (χ2n) is 6.74. The molecule has 0 fully saturated rings. The minimum absolute atomic E-state index is 0.0492. The van der Waals surface area contributed by atoms with Crippen molar-refractivity contribution in [2.24, 2.45) is 0 Å². The molecular formula is C22H17ClF3N3O2S. The zero-order chi connectivity index (χ0) is 23.5. The molecule has 0 saturated heterocycles. The van der Waals surface area contributed by atoms with Gasteiger partial charge in [-0.3, -0.25) is 14.5 Å². The van der Waals surface area contributed by atoms with Crippen LogP contribution in [0.25, 0.3) is 6.08 Å². The third-order valence-electron chi connectivity index (χ3n) is 4.30. The highest BCUT2D eigenvalue weighted by Crippen LogP contribution is 2.35. The molecule has 1 heterocycles. The fourth-order valence-electron chi connectivity index (χ4n) is 2.81. The van der Waals surface area contributed by atoms with Crippen molar-refractivity contribution in [3.05, 3.63) is 75.8 Å². The van der Waals surface area contributed by atoms with Gasteiger partial charge in [-0.1, -0.05) is 17.7 Å². The molecule has 1 aromatic heterocycles. The first-order chi connectivity index (χ1) is 15.0. The summed E-state index contributed by atoms with van der Waals surface area (Å²) in [7, 11) is 0. The van der Waals surface area contributed by atoms with E-state index in [1.807, 2.05) is 6.92 Å².